The molecular formula is C12H21NO3. The molecule has 2 aliphatic rings. The summed E-state index contributed by atoms with van der Waals surface area (Å²) < 4.78 is 5.03. The Kier molecular flexibility index (Phi) is 3.22. The van der Waals surface area contributed by atoms with Gasteiger partial charge in [-0.25, -0.2) is 0 Å². The van der Waals surface area contributed by atoms with E-state index in [-0.39, 0.29) is 12.0 Å². The van der Waals surface area contributed by atoms with Gasteiger partial charge >= 0.3 is 5.97 Å². The molecule has 0 aromatic rings. The molecule has 1 heterocycles. The summed E-state index contributed by atoms with van der Waals surface area (Å²) in [5.41, 5.74) is -0.514. The van der Waals surface area contributed by atoms with Gasteiger partial charge < -0.3 is 9.84 Å². The topological polar surface area (TPSA) is 49.8 Å². The third-order valence-electron chi connectivity index (χ3n) is 3.68. The van der Waals surface area contributed by atoms with Gasteiger partial charge in [-0.1, -0.05) is 6.92 Å². The van der Waals surface area contributed by atoms with Crippen molar-refractivity contribution in [2.75, 3.05) is 19.7 Å². The van der Waals surface area contributed by atoms with Crippen molar-refractivity contribution in [3.05, 3.63) is 0 Å². The van der Waals surface area contributed by atoms with E-state index in [0.717, 1.165) is 19.3 Å². The molecule has 1 aliphatic carbocycles. The lowest BCUT2D eigenvalue weighted by Gasteiger charge is -2.49. The zero-order chi connectivity index (χ0) is 11.8. The maximum atomic E-state index is 11.7. The molecule has 1 aliphatic heterocycles. The summed E-state index contributed by atoms with van der Waals surface area (Å²) in [5, 5.41) is 10.2. The molecule has 0 aromatic heterocycles. The third-order valence-corrected chi connectivity index (χ3v) is 3.68. The minimum absolute atomic E-state index is 0.150. The molecule has 1 saturated carbocycles. The van der Waals surface area contributed by atoms with E-state index in [0.29, 0.717) is 25.6 Å². The first-order chi connectivity index (χ1) is 7.60. The van der Waals surface area contributed by atoms with Gasteiger partial charge in [-0.05, 0) is 32.1 Å². The summed E-state index contributed by atoms with van der Waals surface area (Å²) >= 11 is 0. The minimum atomic E-state index is -0.514. The zero-order valence-electron chi connectivity index (χ0n) is 10.1. The van der Waals surface area contributed by atoms with E-state index in [1.165, 1.54) is 0 Å². The Morgan fingerprint density at radius 2 is 2.12 bits per heavy atom. The van der Waals surface area contributed by atoms with Crippen molar-refractivity contribution in [3.63, 3.8) is 0 Å². The van der Waals surface area contributed by atoms with Crippen LogP contribution in [-0.2, 0) is 9.53 Å². The predicted octanol–water partition coefficient (Wildman–Crippen LogP) is 0.785. The number of rotatable bonds is 5. The van der Waals surface area contributed by atoms with Crippen molar-refractivity contribution in [1.82, 2.24) is 4.90 Å². The SMILES string of the molecule is CCOC(=O)C(CC)N1CC(O)(C2CC2)C1. The van der Waals surface area contributed by atoms with Crippen LogP contribution in [0.25, 0.3) is 0 Å². The second-order valence-electron chi connectivity index (χ2n) is 4.96. The van der Waals surface area contributed by atoms with E-state index in [1.807, 2.05) is 18.7 Å². The quantitative estimate of drug-likeness (QED) is 0.705. The van der Waals surface area contributed by atoms with Crippen LogP contribution in [0.5, 0.6) is 0 Å². The molecule has 4 heteroatoms. The fraction of sp³-hybridized carbons (Fsp3) is 0.917. The number of ether oxygens (including phenoxy) is 1. The highest BCUT2D eigenvalue weighted by molar-refractivity contribution is 5.75. The van der Waals surface area contributed by atoms with Crippen LogP contribution in [0.4, 0.5) is 0 Å². The number of likely N-dealkylation sites (tertiary alicyclic amines) is 1. The third kappa shape index (κ3) is 2.09. The Labute approximate surface area is 96.6 Å². The number of nitrogens with zero attached hydrogens (tertiary/aromatic N) is 1. The molecule has 16 heavy (non-hydrogen) atoms. The van der Waals surface area contributed by atoms with E-state index in [9.17, 15) is 9.90 Å². The lowest BCUT2D eigenvalue weighted by atomic mass is 9.87. The summed E-state index contributed by atoms with van der Waals surface area (Å²) in [6.45, 7) is 5.50. The summed E-state index contributed by atoms with van der Waals surface area (Å²) in [6, 6.07) is -0.168. The van der Waals surface area contributed by atoms with Crippen molar-refractivity contribution in [3.8, 4) is 0 Å². The van der Waals surface area contributed by atoms with Gasteiger partial charge in [0.05, 0.1) is 12.2 Å². The Morgan fingerprint density at radius 3 is 2.56 bits per heavy atom. The fourth-order valence-corrected chi connectivity index (χ4v) is 2.57. The summed E-state index contributed by atoms with van der Waals surface area (Å²) in [6.07, 6.45) is 3.03. The first kappa shape index (κ1) is 11.9. The van der Waals surface area contributed by atoms with E-state index < -0.39 is 5.60 Å². The highest BCUT2D eigenvalue weighted by Crippen LogP contribution is 2.45. The van der Waals surface area contributed by atoms with Gasteiger partial charge in [0, 0.05) is 13.1 Å². The molecule has 0 spiro atoms. The Morgan fingerprint density at radius 1 is 1.50 bits per heavy atom. The summed E-state index contributed by atoms with van der Waals surface area (Å²) in [7, 11) is 0. The molecule has 4 nitrogen and oxygen atoms in total. The first-order valence-corrected chi connectivity index (χ1v) is 6.23. The molecule has 0 amide bonds. The standard InChI is InChI=1S/C12H21NO3/c1-3-10(11(14)16-4-2)13-7-12(15,8-13)9-5-6-9/h9-10,15H,3-8H2,1-2H3. The van der Waals surface area contributed by atoms with Crippen molar-refractivity contribution >= 4 is 5.97 Å². The van der Waals surface area contributed by atoms with Crippen LogP contribution in [-0.4, -0.2) is 47.3 Å². The van der Waals surface area contributed by atoms with E-state index >= 15 is 0 Å². The Balaban J connectivity index is 1.85. The summed E-state index contributed by atoms with van der Waals surface area (Å²) in [4.78, 5) is 13.7. The van der Waals surface area contributed by atoms with Crippen molar-refractivity contribution in [2.45, 2.75) is 44.8 Å². The second kappa shape index (κ2) is 4.34. The van der Waals surface area contributed by atoms with E-state index in [2.05, 4.69) is 0 Å². The van der Waals surface area contributed by atoms with Crippen molar-refractivity contribution < 1.29 is 14.6 Å². The average molecular weight is 227 g/mol. The fourth-order valence-electron chi connectivity index (χ4n) is 2.57. The van der Waals surface area contributed by atoms with Crippen LogP contribution in [0.1, 0.15) is 33.1 Å². The van der Waals surface area contributed by atoms with Crippen LogP contribution in [0.2, 0.25) is 0 Å². The normalized spacial score (nSPS) is 25.9. The molecule has 2 fully saturated rings. The molecule has 92 valence electrons. The van der Waals surface area contributed by atoms with Crippen LogP contribution in [0.15, 0.2) is 0 Å². The van der Waals surface area contributed by atoms with Crippen LogP contribution in [0.3, 0.4) is 0 Å². The predicted molar refractivity (Wildman–Crippen MR) is 60.0 cm³/mol. The maximum absolute atomic E-state index is 11.7. The molecule has 1 saturated heterocycles. The number of β-amino-alcohol motifs (C(OH)–C–C–N with tert-alkyl or cyclic N) is 1. The molecule has 1 unspecified atom stereocenters. The highest BCUT2D eigenvalue weighted by Gasteiger charge is 2.54. The number of esters is 1. The maximum Gasteiger partial charge on any atom is 0.323 e. The largest absolute Gasteiger partial charge is 0.465 e. The molecule has 1 atom stereocenters. The van der Waals surface area contributed by atoms with Crippen LogP contribution in [0, 0.1) is 5.92 Å². The smallest absolute Gasteiger partial charge is 0.323 e. The zero-order valence-corrected chi connectivity index (χ0v) is 10.1. The van der Waals surface area contributed by atoms with Crippen LogP contribution >= 0.6 is 0 Å². The van der Waals surface area contributed by atoms with Gasteiger partial charge in [-0.15, -0.1) is 0 Å². The number of hydrogen-bond acceptors (Lipinski definition) is 4. The van der Waals surface area contributed by atoms with Gasteiger partial charge in [0.15, 0.2) is 0 Å². The monoisotopic (exact) mass is 227 g/mol. The van der Waals surface area contributed by atoms with Crippen LogP contribution < -0.4 is 0 Å². The molecule has 1 N–H and O–H groups in total. The number of carbonyl (C=O) groups excluding carboxylic acids is 1. The average Bonchev–Trinajstić information content (AvgIpc) is 2.99. The van der Waals surface area contributed by atoms with E-state index in [4.69, 9.17) is 4.74 Å². The number of aliphatic hydroxyl groups is 1. The van der Waals surface area contributed by atoms with E-state index in [1.54, 1.807) is 0 Å². The second-order valence-corrected chi connectivity index (χ2v) is 4.96. The van der Waals surface area contributed by atoms with Gasteiger partial charge in [0.25, 0.3) is 0 Å². The summed E-state index contributed by atoms with van der Waals surface area (Å²) in [5.74, 6) is 0.325. The highest BCUT2D eigenvalue weighted by atomic mass is 16.5. The molecule has 0 bridgehead atoms. The van der Waals surface area contributed by atoms with Gasteiger partial charge in [0.2, 0.25) is 0 Å². The number of hydrogen-bond donors (Lipinski definition) is 1. The van der Waals surface area contributed by atoms with Crippen molar-refractivity contribution in [1.29, 1.82) is 0 Å². The number of carbonyl (C=O) groups is 1. The molecule has 2 rings (SSSR count). The minimum Gasteiger partial charge on any atom is -0.465 e. The Hall–Kier alpha value is -0.610. The van der Waals surface area contributed by atoms with Crippen molar-refractivity contribution in [2.24, 2.45) is 5.92 Å². The van der Waals surface area contributed by atoms with Gasteiger partial charge in [0.1, 0.15) is 6.04 Å². The Bertz CT molecular complexity index is 269. The molecular weight excluding hydrogens is 206 g/mol. The lowest BCUT2D eigenvalue weighted by Crippen LogP contribution is -2.67. The molecule has 0 radical (unpaired) electrons. The molecule has 0 aromatic carbocycles. The van der Waals surface area contributed by atoms with Gasteiger partial charge in [-0.3, -0.25) is 9.69 Å². The van der Waals surface area contributed by atoms with Gasteiger partial charge in [-0.2, -0.15) is 0 Å². The lowest BCUT2D eigenvalue weighted by molar-refractivity contribution is -0.166. The first-order valence-electron chi connectivity index (χ1n) is 6.23.